The van der Waals surface area contributed by atoms with E-state index in [0.29, 0.717) is 17.2 Å². The molecule has 18 heavy (non-hydrogen) atoms. The number of nitrogen functional groups attached to an aromatic ring is 1. The Hall–Kier alpha value is -2.36. The molecule has 0 fully saturated rings. The van der Waals surface area contributed by atoms with Gasteiger partial charge in [-0.3, -0.25) is 0 Å². The number of nitrogens with one attached hydrogen (secondary N) is 1. The van der Waals surface area contributed by atoms with Gasteiger partial charge in [0.05, 0.1) is 11.4 Å². The average Bonchev–Trinajstić information content (AvgIpc) is 2.35. The highest BCUT2D eigenvalue weighted by Gasteiger charge is 2.04. The van der Waals surface area contributed by atoms with Gasteiger partial charge in [0.2, 0.25) is 0 Å². The summed E-state index contributed by atoms with van der Waals surface area (Å²) in [6.45, 7) is 1.88. The summed E-state index contributed by atoms with van der Waals surface area (Å²) >= 11 is 0. The zero-order valence-electron chi connectivity index (χ0n) is 10.4. The molecule has 0 spiro atoms. The van der Waals surface area contributed by atoms with E-state index in [1.165, 1.54) is 0 Å². The molecule has 2 aromatic carbocycles. The predicted molar refractivity (Wildman–Crippen MR) is 73.3 cm³/mol. The molecule has 0 aromatic heterocycles. The van der Waals surface area contributed by atoms with Gasteiger partial charge in [0.1, 0.15) is 17.2 Å². The van der Waals surface area contributed by atoms with E-state index in [1.54, 1.807) is 31.3 Å². The van der Waals surface area contributed by atoms with Crippen molar-refractivity contribution in [2.75, 3.05) is 18.1 Å². The Morgan fingerprint density at radius 3 is 2.61 bits per heavy atom. The van der Waals surface area contributed by atoms with Crippen molar-refractivity contribution >= 4 is 11.4 Å². The molecular weight excluding hydrogens is 228 g/mol. The second-order valence-corrected chi connectivity index (χ2v) is 4.05. The number of anilines is 2. The molecule has 4 N–H and O–H groups in total. The number of nitrogens with two attached hydrogens (primary N) is 1. The van der Waals surface area contributed by atoms with E-state index in [1.807, 2.05) is 19.1 Å². The van der Waals surface area contributed by atoms with Crippen LogP contribution in [0.25, 0.3) is 0 Å². The van der Waals surface area contributed by atoms with Gasteiger partial charge in [-0.05, 0) is 42.8 Å². The Balaban J connectivity index is 2.28. The van der Waals surface area contributed by atoms with E-state index in [4.69, 9.17) is 10.5 Å². The second kappa shape index (κ2) is 4.87. The van der Waals surface area contributed by atoms with Crippen molar-refractivity contribution < 1.29 is 9.84 Å². The molecule has 0 heterocycles. The lowest BCUT2D eigenvalue weighted by Gasteiger charge is -2.11. The smallest absolute Gasteiger partial charge is 0.130 e. The monoisotopic (exact) mass is 244 g/mol. The maximum absolute atomic E-state index is 9.34. The van der Waals surface area contributed by atoms with Gasteiger partial charge in [0.15, 0.2) is 0 Å². The van der Waals surface area contributed by atoms with Crippen LogP contribution in [0.2, 0.25) is 0 Å². The summed E-state index contributed by atoms with van der Waals surface area (Å²) in [5.74, 6) is 1.63. The van der Waals surface area contributed by atoms with Gasteiger partial charge in [-0.2, -0.15) is 0 Å². The molecule has 0 aliphatic carbocycles. The first-order valence-electron chi connectivity index (χ1n) is 5.65. The maximum atomic E-state index is 9.34. The third-order valence-corrected chi connectivity index (χ3v) is 2.68. The Morgan fingerprint density at radius 1 is 1.17 bits per heavy atom. The molecule has 2 aromatic rings. The molecule has 0 bridgehead atoms. The van der Waals surface area contributed by atoms with E-state index >= 15 is 0 Å². The van der Waals surface area contributed by atoms with E-state index in [9.17, 15) is 5.11 Å². The highest BCUT2D eigenvalue weighted by Crippen LogP contribution is 2.30. The molecule has 4 nitrogen and oxygen atoms in total. The van der Waals surface area contributed by atoms with Crippen LogP contribution in [0.15, 0.2) is 36.4 Å². The lowest BCUT2D eigenvalue weighted by atomic mass is 10.2. The molecule has 2 rings (SSSR count). The topological polar surface area (TPSA) is 67.5 Å². The quantitative estimate of drug-likeness (QED) is 0.726. The van der Waals surface area contributed by atoms with E-state index in [0.717, 1.165) is 11.3 Å². The lowest BCUT2D eigenvalue weighted by molar-refractivity contribution is 0.461. The van der Waals surface area contributed by atoms with Crippen molar-refractivity contribution in [3.05, 3.63) is 42.0 Å². The lowest BCUT2D eigenvalue weighted by Crippen LogP contribution is -1.96. The minimum Gasteiger partial charge on any atom is -0.508 e. The summed E-state index contributed by atoms with van der Waals surface area (Å²) in [6, 6.07) is 10.4. The molecule has 94 valence electrons. The standard InChI is InChI=1S/C14H16N2O2/c1-9-7-10(17)3-6-14(9)18-11-4-5-12(15)13(8-11)16-2/h3-8,16-17H,15H2,1-2H3. The predicted octanol–water partition coefficient (Wildman–Crippen LogP) is 3.12. The second-order valence-electron chi connectivity index (χ2n) is 4.05. The Kier molecular flexibility index (Phi) is 3.28. The molecule has 0 aliphatic rings. The summed E-state index contributed by atoms with van der Waals surface area (Å²) in [5.41, 5.74) is 8.16. The number of aryl methyl sites for hydroxylation is 1. The van der Waals surface area contributed by atoms with Gasteiger partial charge in [-0.1, -0.05) is 0 Å². The van der Waals surface area contributed by atoms with Gasteiger partial charge >= 0.3 is 0 Å². The molecule has 0 atom stereocenters. The minimum absolute atomic E-state index is 0.230. The van der Waals surface area contributed by atoms with Gasteiger partial charge < -0.3 is 20.9 Å². The van der Waals surface area contributed by atoms with Crippen LogP contribution in [0.1, 0.15) is 5.56 Å². The summed E-state index contributed by atoms with van der Waals surface area (Å²) in [4.78, 5) is 0. The first kappa shape index (κ1) is 12.1. The number of rotatable bonds is 3. The van der Waals surface area contributed by atoms with Crippen LogP contribution >= 0.6 is 0 Å². The van der Waals surface area contributed by atoms with Crippen LogP contribution in [0.5, 0.6) is 17.2 Å². The molecule has 0 aliphatic heterocycles. The van der Waals surface area contributed by atoms with E-state index in [2.05, 4.69) is 5.32 Å². The molecular formula is C14H16N2O2. The Labute approximate surface area is 106 Å². The van der Waals surface area contributed by atoms with Gasteiger partial charge in [-0.15, -0.1) is 0 Å². The Morgan fingerprint density at radius 2 is 1.94 bits per heavy atom. The largest absolute Gasteiger partial charge is 0.508 e. The third kappa shape index (κ3) is 2.48. The molecule has 4 heteroatoms. The van der Waals surface area contributed by atoms with Crippen molar-refractivity contribution in [3.8, 4) is 17.2 Å². The number of phenols is 1. The molecule has 0 saturated carbocycles. The number of hydrogen-bond donors (Lipinski definition) is 3. The fourth-order valence-corrected chi connectivity index (χ4v) is 1.69. The van der Waals surface area contributed by atoms with Crippen molar-refractivity contribution in [2.45, 2.75) is 6.92 Å². The van der Waals surface area contributed by atoms with Crippen LogP contribution in [-0.4, -0.2) is 12.2 Å². The maximum Gasteiger partial charge on any atom is 0.130 e. The minimum atomic E-state index is 0.230. The third-order valence-electron chi connectivity index (χ3n) is 2.68. The summed E-state index contributed by atoms with van der Waals surface area (Å²) in [5, 5.41) is 12.3. The van der Waals surface area contributed by atoms with E-state index in [-0.39, 0.29) is 5.75 Å². The van der Waals surface area contributed by atoms with Crippen molar-refractivity contribution in [1.29, 1.82) is 0 Å². The highest BCUT2D eigenvalue weighted by molar-refractivity contribution is 5.68. The summed E-state index contributed by atoms with van der Waals surface area (Å²) in [6.07, 6.45) is 0. The van der Waals surface area contributed by atoms with Crippen molar-refractivity contribution in [2.24, 2.45) is 0 Å². The molecule has 0 unspecified atom stereocenters. The molecule has 0 amide bonds. The average molecular weight is 244 g/mol. The number of aromatic hydroxyl groups is 1. The van der Waals surface area contributed by atoms with Gasteiger partial charge in [-0.25, -0.2) is 0 Å². The normalized spacial score (nSPS) is 10.1. The molecule has 0 saturated heterocycles. The zero-order chi connectivity index (χ0) is 13.1. The zero-order valence-corrected chi connectivity index (χ0v) is 10.4. The van der Waals surface area contributed by atoms with Crippen LogP contribution < -0.4 is 15.8 Å². The highest BCUT2D eigenvalue weighted by atomic mass is 16.5. The number of benzene rings is 2. The number of phenolic OH excluding ortho intramolecular Hbond substituents is 1. The van der Waals surface area contributed by atoms with E-state index < -0.39 is 0 Å². The van der Waals surface area contributed by atoms with Crippen LogP contribution in [0.3, 0.4) is 0 Å². The van der Waals surface area contributed by atoms with Crippen LogP contribution in [0.4, 0.5) is 11.4 Å². The SMILES string of the molecule is CNc1cc(Oc2ccc(O)cc2C)ccc1N. The van der Waals surface area contributed by atoms with Gasteiger partial charge in [0.25, 0.3) is 0 Å². The fraction of sp³-hybridized carbons (Fsp3) is 0.143. The van der Waals surface area contributed by atoms with Crippen molar-refractivity contribution in [3.63, 3.8) is 0 Å². The molecule has 0 radical (unpaired) electrons. The number of hydrogen-bond acceptors (Lipinski definition) is 4. The van der Waals surface area contributed by atoms with Gasteiger partial charge in [0, 0.05) is 13.1 Å². The fourth-order valence-electron chi connectivity index (χ4n) is 1.69. The van der Waals surface area contributed by atoms with Crippen molar-refractivity contribution in [1.82, 2.24) is 0 Å². The first-order chi connectivity index (χ1) is 8.60. The summed E-state index contributed by atoms with van der Waals surface area (Å²) in [7, 11) is 1.81. The van der Waals surface area contributed by atoms with Crippen LogP contribution in [-0.2, 0) is 0 Å². The van der Waals surface area contributed by atoms with Crippen LogP contribution in [0, 0.1) is 6.92 Å². The first-order valence-corrected chi connectivity index (χ1v) is 5.65. The summed E-state index contributed by atoms with van der Waals surface area (Å²) < 4.78 is 5.75. The Bertz CT molecular complexity index is 568. The number of ether oxygens (including phenoxy) is 1.